The Morgan fingerprint density at radius 3 is 3.00 bits per heavy atom. The number of benzene rings is 1. The minimum atomic E-state index is -0.115. The van der Waals surface area contributed by atoms with Crippen LogP contribution >= 0.6 is 0 Å². The first kappa shape index (κ1) is 14.4. The first-order chi connectivity index (χ1) is 9.71. The molecule has 1 heterocycles. The van der Waals surface area contributed by atoms with Crippen LogP contribution in [0.15, 0.2) is 18.2 Å². The van der Waals surface area contributed by atoms with Gasteiger partial charge in [0.1, 0.15) is 5.75 Å². The number of ether oxygens (including phenoxy) is 1. The molecule has 5 nitrogen and oxygen atoms in total. The van der Waals surface area contributed by atoms with E-state index in [1.165, 1.54) is 0 Å². The fraction of sp³-hybridized carbons (Fsp3) is 0.467. The maximum absolute atomic E-state index is 12.4. The number of nitrogens with zero attached hydrogens (tertiary/aromatic N) is 2. The van der Waals surface area contributed by atoms with Crippen molar-refractivity contribution in [2.45, 2.75) is 25.8 Å². The van der Waals surface area contributed by atoms with Gasteiger partial charge >= 0.3 is 0 Å². The van der Waals surface area contributed by atoms with Crippen molar-refractivity contribution in [1.82, 2.24) is 5.32 Å². The Morgan fingerprint density at radius 1 is 1.55 bits per heavy atom. The van der Waals surface area contributed by atoms with Crippen LogP contribution in [-0.2, 0) is 4.79 Å². The van der Waals surface area contributed by atoms with Crippen LogP contribution < -0.4 is 15.0 Å². The normalized spacial score (nSPS) is 18.1. The van der Waals surface area contributed by atoms with Gasteiger partial charge in [-0.2, -0.15) is 5.26 Å². The van der Waals surface area contributed by atoms with Crippen molar-refractivity contribution >= 4 is 11.6 Å². The number of nitrogens with one attached hydrogen (secondary N) is 1. The summed E-state index contributed by atoms with van der Waals surface area (Å²) in [6.45, 7) is 3.59. The molecule has 1 aliphatic rings. The highest BCUT2D eigenvalue weighted by Gasteiger charge is 2.33. The van der Waals surface area contributed by atoms with Crippen molar-refractivity contribution < 1.29 is 9.53 Å². The van der Waals surface area contributed by atoms with Gasteiger partial charge in [-0.15, -0.1) is 0 Å². The molecule has 0 saturated carbocycles. The molecule has 1 saturated heterocycles. The fourth-order valence-electron chi connectivity index (χ4n) is 2.40. The van der Waals surface area contributed by atoms with Gasteiger partial charge in [0.25, 0.3) is 0 Å². The highest BCUT2D eigenvalue weighted by atomic mass is 16.5. The van der Waals surface area contributed by atoms with Gasteiger partial charge in [0, 0.05) is 12.6 Å². The minimum Gasteiger partial charge on any atom is -0.495 e. The van der Waals surface area contributed by atoms with Crippen molar-refractivity contribution in [1.29, 1.82) is 5.26 Å². The molecule has 0 aliphatic carbocycles. The highest BCUT2D eigenvalue weighted by Crippen LogP contribution is 2.32. The highest BCUT2D eigenvalue weighted by molar-refractivity contribution is 6.00. The SMILES string of the molecule is CCCNC1CCN(c2ccc(C#N)cc2OC)C1=O. The number of methoxy groups -OCH3 is 1. The molecule has 1 unspecified atom stereocenters. The van der Waals surface area contributed by atoms with E-state index in [4.69, 9.17) is 10.00 Å². The number of amides is 1. The summed E-state index contributed by atoms with van der Waals surface area (Å²) >= 11 is 0. The van der Waals surface area contributed by atoms with Crippen molar-refractivity contribution in [3.63, 3.8) is 0 Å². The van der Waals surface area contributed by atoms with E-state index in [9.17, 15) is 4.79 Å². The van der Waals surface area contributed by atoms with Crippen molar-refractivity contribution in [2.75, 3.05) is 25.1 Å². The van der Waals surface area contributed by atoms with E-state index in [1.54, 1.807) is 30.2 Å². The molecule has 2 rings (SSSR count). The second-order valence-electron chi connectivity index (χ2n) is 4.78. The summed E-state index contributed by atoms with van der Waals surface area (Å²) in [5.74, 6) is 0.634. The van der Waals surface area contributed by atoms with Gasteiger partial charge in [0.15, 0.2) is 0 Å². The second kappa shape index (κ2) is 6.40. The maximum atomic E-state index is 12.4. The summed E-state index contributed by atoms with van der Waals surface area (Å²) in [5, 5.41) is 12.2. The van der Waals surface area contributed by atoms with Gasteiger partial charge in [0.2, 0.25) is 5.91 Å². The largest absolute Gasteiger partial charge is 0.495 e. The zero-order valence-corrected chi connectivity index (χ0v) is 11.8. The average molecular weight is 273 g/mol. The first-order valence-electron chi connectivity index (χ1n) is 6.84. The van der Waals surface area contributed by atoms with E-state index in [2.05, 4.69) is 18.3 Å². The first-order valence-corrected chi connectivity index (χ1v) is 6.84. The molecule has 1 aromatic carbocycles. The van der Waals surface area contributed by atoms with Gasteiger partial charge in [-0.25, -0.2) is 0 Å². The predicted octanol–water partition coefficient (Wildman–Crippen LogP) is 1.67. The Labute approximate surface area is 119 Å². The topological polar surface area (TPSA) is 65.4 Å². The third-order valence-electron chi connectivity index (χ3n) is 3.45. The lowest BCUT2D eigenvalue weighted by Gasteiger charge is -2.20. The molecule has 0 bridgehead atoms. The maximum Gasteiger partial charge on any atom is 0.244 e. The molecule has 0 spiro atoms. The van der Waals surface area contributed by atoms with Gasteiger partial charge in [-0.3, -0.25) is 4.79 Å². The van der Waals surface area contributed by atoms with Crippen LogP contribution in [0.2, 0.25) is 0 Å². The van der Waals surface area contributed by atoms with E-state index < -0.39 is 0 Å². The number of hydrogen-bond acceptors (Lipinski definition) is 4. The van der Waals surface area contributed by atoms with Crippen LogP contribution in [-0.4, -0.2) is 32.1 Å². The van der Waals surface area contributed by atoms with Crippen LogP contribution in [0.3, 0.4) is 0 Å². The molecule has 1 N–H and O–H groups in total. The molecule has 5 heteroatoms. The van der Waals surface area contributed by atoms with Crippen molar-refractivity contribution in [2.24, 2.45) is 0 Å². The average Bonchev–Trinajstić information content (AvgIpc) is 2.85. The molecule has 1 aliphatic heterocycles. The summed E-state index contributed by atoms with van der Waals surface area (Å²) in [6, 6.07) is 7.10. The molecule has 106 valence electrons. The number of carbonyl (C=O) groups is 1. The number of nitriles is 1. The van der Waals surface area contributed by atoms with Crippen molar-refractivity contribution in [3.8, 4) is 11.8 Å². The zero-order chi connectivity index (χ0) is 14.5. The zero-order valence-electron chi connectivity index (χ0n) is 11.8. The number of hydrogen-bond donors (Lipinski definition) is 1. The monoisotopic (exact) mass is 273 g/mol. The van der Waals surface area contributed by atoms with Crippen LogP contribution in [0, 0.1) is 11.3 Å². The van der Waals surface area contributed by atoms with E-state index in [-0.39, 0.29) is 11.9 Å². The Bertz CT molecular complexity index is 536. The summed E-state index contributed by atoms with van der Waals surface area (Å²) in [6.07, 6.45) is 1.80. The third-order valence-corrected chi connectivity index (χ3v) is 3.45. The van der Waals surface area contributed by atoms with Crippen LogP contribution in [0.4, 0.5) is 5.69 Å². The summed E-state index contributed by atoms with van der Waals surface area (Å²) in [7, 11) is 1.55. The van der Waals surface area contributed by atoms with Crippen LogP contribution in [0.1, 0.15) is 25.3 Å². The summed E-state index contributed by atoms with van der Waals surface area (Å²) in [4.78, 5) is 14.1. The van der Waals surface area contributed by atoms with E-state index in [1.807, 2.05) is 0 Å². The van der Waals surface area contributed by atoms with Crippen LogP contribution in [0.25, 0.3) is 0 Å². The summed E-state index contributed by atoms with van der Waals surface area (Å²) in [5.41, 5.74) is 1.26. The molecule has 20 heavy (non-hydrogen) atoms. The Morgan fingerprint density at radius 2 is 2.35 bits per heavy atom. The number of anilines is 1. The van der Waals surface area contributed by atoms with Gasteiger partial charge in [-0.1, -0.05) is 6.92 Å². The van der Waals surface area contributed by atoms with Crippen molar-refractivity contribution in [3.05, 3.63) is 23.8 Å². The lowest BCUT2D eigenvalue weighted by Crippen LogP contribution is -2.38. The lowest BCUT2D eigenvalue weighted by molar-refractivity contribution is -0.118. The fourth-order valence-corrected chi connectivity index (χ4v) is 2.40. The number of rotatable bonds is 5. The lowest BCUT2D eigenvalue weighted by atomic mass is 10.2. The van der Waals surface area contributed by atoms with E-state index >= 15 is 0 Å². The second-order valence-corrected chi connectivity index (χ2v) is 4.78. The van der Waals surface area contributed by atoms with Gasteiger partial charge < -0.3 is 15.0 Å². The molecule has 1 amide bonds. The molecule has 1 aromatic rings. The standard InChI is InChI=1S/C15H19N3O2/c1-3-7-17-12-6-8-18(15(12)19)13-5-4-11(10-16)9-14(13)20-2/h4-5,9,12,17H,3,6-8H2,1-2H3. The number of carbonyl (C=O) groups excluding carboxylic acids is 1. The van der Waals surface area contributed by atoms with Gasteiger partial charge in [0.05, 0.1) is 30.5 Å². The Hall–Kier alpha value is -2.06. The Kier molecular flexibility index (Phi) is 4.59. The molecular weight excluding hydrogens is 254 g/mol. The van der Waals surface area contributed by atoms with E-state index in [0.717, 1.165) is 25.1 Å². The third kappa shape index (κ3) is 2.75. The van der Waals surface area contributed by atoms with Gasteiger partial charge in [-0.05, 0) is 31.5 Å². The smallest absolute Gasteiger partial charge is 0.244 e. The summed E-state index contributed by atoms with van der Waals surface area (Å²) < 4.78 is 5.30. The molecule has 0 aromatic heterocycles. The predicted molar refractivity (Wildman–Crippen MR) is 76.8 cm³/mol. The molecule has 1 fully saturated rings. The Balaban J connectivity index is 2.20. The van der Waals surface area contributed by atoms with Crippen LogP contribution in [0.5, 0.6) is 5.75 Å². The quantitative estimate of drug-likeness (QED) is 0.886. The molecule has 1 atom stereocenters. The minimum absolute atomic E-state index is 0.0708. The van der Waals surface area contributed by atoms with E-state index in [0.29, 0.717) is 17.9 Å². The molecular formula is C15H19N3O2. The molecule has 0 radical (unpaired) electrons.